The average Bonchev–Trinajstić information content (AvgIpc) is 2.66. The van der Waals surface area contributed by atoms with Crippen LogP contribution in [0.2, 0.25) is 0 Å². The van der Waals surface area contributed by atoms with E-state index in [1.165, 1.54) is 0 Å². The van der Waals surface area contributed by atoms with Gasteiger partial charge in [-0.15, -0.1) is 0 Å². The van der Waals surface area contributed by atoms with Crippen molar-refractivity contribution >= 4 is 20.9 Å². The maximum atomic E-state index is 12.2. The van der Waals surface area contributed by atoms with Gasteiger partial charge in [0.1, 0.15) is 5.75 Å². The number of H-pyrrole nitrogens is 1. The SMILES string of the molecule is COc1ccc2cc(CNS(=O)(=O)CCCc3ccccc3)c(=O)[nH]c2c1. The summed E-state index contributed by atoms with van der Waals surface area (Å²) in [4.78, 5) is 15.0. The molecule has 0 aliphatic heterocycles. The first-order chi connectivity index (χ1) is 13.0. The van der Waals surface area contributed by atoms with Crippen LogP contribution in [0, 0.1) is 0 Å². The summed E-state index contributed by atoms with van der Waals surface area (Å²) in [6.07, 6.45) is 1.22. The van der Waals surface area contributed by atoms with E-state index in [0.717, 1.165) is 10.9 Å². The quantitative estimate of drug-likeness (QED) is 0.623. The predicted octanol–water partition coefficient (Wildman–Crippen LogP) is 2.59. The van der Waals surface area contributed by atoms with E-state index in [9.17, 15) is 13.2 Å². The molecule has 0 atom stereocenters. The summed E-state index contributed by atoms with van der Waals surface area (Å²) in [5.74, 6) is 0.662. The van der Waals surface area contributed by atoms with E-state index in [1.807, 2.05) is 36.4 Å². The van der Waals surface area contributed by atoms with Crippen molar-refractivity contribution in [2.24, 2.45) is 0 Å². The molecule has 1 aromatic heterocycles. The summed E-state index contributed by atoms with van der Waals surface area (Å²) in [6.45, 7) is -0.0367. The van der Waals surface area contributed by atoms with Crippen molar-refractivity contribution in [2.45, 2.75) is 19.4 Å². The van der Waals surface area contributed by atoms with Crippen LogP contribution in [0.15, 0.2) is 59.4 Å². The zero-order valence-electron chi connectivity index (χ0n) is 15.1. The van der Waals surface area contributed by atoms with Gasteiger partial charge in [-0.05, 0) is 42.0 Å². The van der Waals surface area contributed by atoms with Crippen molar-refractivity contribution in [3.8, 4) is 5.75 Å². The van der Waals surface area contributed by atoms with Gasteiger partial charge in [-0.1, -0.05) is 30.3 Å². The lowest BCUT2D eigenvalue weighted by molar-refractivity contribution is 0.415. The summed E-state index contributed by atoms with van der Waals surface area (Å²) in [5, 5.41) is 0.814. The molecule has 27 heavy (non-hydrogen) atoms. The van der Waals surface area contributed by atoms with Crippen LogP contribution in [-0.2, 0) is 23.0 Å². The van der Waals surface area contributed by atoms with Crippen LogP contribution in [0.4, 0.5) is 0 Å². The van der Waals surface area contributed by atoms with Crippen molar-refractivity contribution in [1.82, 2.24) is 9.71 Å². The molecule has 0 unspecified atom stereocenters. The highest BCUT2D eigenvalue weighted by Crippen LogP contribution is 2.18. The van der Waals surface area contributed by atoms with Crippen molar-refractivity contribution in [1.29, 1.82) is 0 Å². The second-order valence-electron chi connectivity index (χ2n) is 6.31. The van der Waals surface area contributed by atoms with Gasteiger partial charge in [-0.3, -0.25) is 4.79 Å². The molecule has 2 aromatic carbocycles. The van der Waals surface area contributed by atoms with Gasteiger partial charge >= 0.3 is 0 Å². The summed E-state index contributed by atoms with van der Waals surface area (Å²) in [5.41, 5.74) is 1.81. The lowest BCUT2D eigenvalue weighted by Crippen LogP contribution is -2.29. The Morgan fingerprint density at radius 1 is 1.07 bits per heavy atom. The first-order valence-electron chi connectivity index (χ1n) is 8.68. The second kappa shape index (κ2) is 8.37. The Morgan fingerprint density at radius 3 is 2.59 bits per heavy atom. The molecule has 142 valence electrons. The zero-order valence-corrected chi connectivity index (χ0v) is 15.9. The van der Waals surface area contributed by atoms with E-state index in [1.54, 1.807) is 25.3 Å². The fourth-order valence-corrected chi connectivity index (χ4v) is 3.90. The normalized spacial score (nSPS) is 11.6. The number of ether oxygens (including phenoxy) is 1. The molecule has 0 saturated carbocycles. The number of aromatic nitrogens is 1. The molecule has 0 bridgehead atoms. The number of hydrogen-bond donors (Lipinski definition) is 2. The van der Waals surface area contributed by atoms with Crippen molar-refractivity contribution < 1.29 is 13.2 Å². The zero-order chi connectivity index (χ0) is 19.3. The highest BCUT2D eigenvalue weighted by Gasteiger charge is 2.12. The number of rotatable bonds is 8. The molecule has 0 aliphatic rings. The molecule has 1 heterocycles. The number of hydrogen-bond acceptors (Lipinski definition) is 4. The number of nitrogens with one attached hydrogen (secondary N) is 2. The lowest BCUT2D eigenvalue weighted by Gasteiger charge is -2.08. The Labute approximate surface area is 158 Å². The van der Waals surface area contributed by atoms with Crippen molar-refractivity contribution in [3.05, 3.63) is 76.1 Å². The third-order valence-electron chi connectivity index (χ3n) is 4.33. The van der Waals surface area contributed by atoms with E-state index >= 15 is 0 Å². The molecule has 7 heteroatoms. The summed E-state index contributed by atoms with van der Waals surface area (Å²) in [7, 11) is -1.90. The van der Waals surface area contributed by atoms with E-state index in [4.69, 9.17) is 4.74 Å². The lowest BCUT2D eigenvalue weighted by atomic mass is 10.1. The van der Waals surface area contributed by atoms with Gasteiger partial charge in [0.2, 0.25) is 10.0 Å². The van der Waals surface area contributed by atoms with Gasteiger partial charge in [0.15, 0.2) is 0 Å². The standard InChI is InChI=1S/C20H22N2O4S/c1-26-18-10-9-16-12-17(20(23)22-19(16)13-18)14-21-27(24,25)11-5-8-15-6-3-2-4-7-15/h2-4,6-7,9-10,12-13,21H,5,8,11,14H2,1H3,(H,22,23). The van der Waals surface area contributed by atoms with E-state index in [0.29, 0.717) is 29.7 Å². The van der Waals surface area contributed by atoms with E-state index in [-0.39, 0.29) is 17.9 Å². The highest BCUT2D eigenvalue weighted by molar-refractivity contribution is 7.89. The fraction of sp³-hybridized carbons (Fsp3) is 0.250. The molecule has 0 spiro atoms. The highest BCUT2D eigenvalue weighted by atomic mass is 32.2. The molecule has 0 fully saturated rings. The summed E-state index contributed by atoms with van der Waals surface area (Å²) >= 11 is 0. The average molecular weight is 386 g/mol. The van der Waals surface area contributed by atoms with Crippen LogP contribution in [0.3, 0.4) is 0 Å². The third-order valence-corrected chi connectivity index (χ3v) is 5.74. The Hall–Kier alpha value is -2.64. The van der Waals surface area contributed by atoms with Gasteiger partial charge in [0, 0.05) is 18.2 Å². The van der Waals surface area contributed by atoms with Crippen molar-refractivity contribution in [2.75, 3.05) is 12.9 Å². The molecule has 3 aromatic rings. The largest absolute Gasteiger partial charge is 0.497 e. The maximum Gasteiger partial charge on any atom is 0.252 e. The van der Waals surface area contributed by atoms with Gasteiger partial charge in [0.25, 0.3) is 5.56 Å². The number of aromatic amines is 1. The Balaban J connectivity index is 1.63. The number of sulfonamides is 1. The molecule has 2 N–H and O–H groups in total. The number of aryl methyl sites for hydroxylation is 1. The minimum atomic E-state index is -3.45. The molecular weight excluding hydrogens is 364 g/mol. The van der Waals surface area contributed by atoms with Gasteiger partial charge in [0.05, 0.1) is 18.4 Å². The Kier molecular flexibility index (Phi) is 5.93. The topological polar surface area (TPSA) is 88.3 Å². The molecule has 3 rings (SSSR count). The molecular formula is C20H22N2O4S. The van der Waals surface area contributed by atoms with Crippen LogP contribution in [0.1, 0.15) is 17.5 Å². The Morgan fingerprint density at radius 2 is 1.85 bits per heavy atom. The van der Waals surface area contributed by atoms with Gasteiger partial charge in [-0.25, -0.2) is 13.1 Å². The van der Waals surface area contributed by atoms with Crippen LogP contribution in [-0.4, -0.2) is 26.3 Å². The van der Waals surface area contributed by atoms with Crippen LogP contribution in [0.5, 0.6) is 5.75 Å². The molecule has 0 saturated heterocycles. The third kappa shape index (κ3) is 5.18. The summed E-state index contributed by atoms with van der Waals surface area (Å²) < 4.78 is 32.1. The molecule has 0 amide bonds. The summed E-state index contributed by atoms with van der Waals surface area (Å²) in [6, 6.07) is 16.8. The molecule has 0 aliphatic carbocycles. The fourth-order valence-electron chi connectivity index (χ4n) is 2.85. The predicted molar refractivity (Wildman–Crippen MR) is 107 cm³/mol. The second-order valence-corrected chi connectivity index (χ2v) is 8.23. The molecule has 0 radical (unpaired) electrons. The van der Waals surface area contributed by atoms with Crippen LogP contribution >= 0.6 is 0 Å². The number of benzene rings is 2. The number of fused-ring (bicyclic) bond motifs is 1. The number of methoxy groups -OCH3 is 1. The van der Waals surface area contributed by atoms with Gasteiger partial charge < -0.3 is 9.72 Å². The first-order valence-corrected chi connectivity index (χ1v) is 10.3. The van der Waals surface area contributed by atoms with Crippen molar-refractivity contribution in [3.63, 3.8) is 0 Å². The van der Waals surface area contributed by atoms with Crippen LogP contribution < -0.4 is 15.0 Å². The minimum absolute atomic E-state index is 0.0184. The monoisotopic (exact) mass is 386 g/mol. The van der Waals surface area contributed by atoms with Crippen LogP contribution in [0.25, 0.3) is 10.9 Å². The van der Waals surface area contributed by atoms with E-state index in [2.05, 4.69) is 9.71 Å². The smallest absolute Gasteiger partial charge is 0.252 e. The number of pyridine rings is 1. The Bertz CT molecular complexity index is 1080. The maximum absolute atomic E-state index is 12.2. The molecule has 6 nitrogen and oxygen atoms in total. The minimum Gasteiger partial charge on any atom is -0.497 e. The van der Waals surface area contributed by atoms with Gasteiger partial charge in [-0.2, -0.15) is 0 Å². The van der Waals surface area contributed by atoms with E-state index < -0.39 is 10.0 Å². The first kappa shape index (κ1) is 19.1.